The maximum Gasteiger partial charge on any atom is 0.231 e. The second kappa shape index (κ2) is 6.24. The summed E-state index contributed by atoms with van der Waals surface area (Å²) >= 11 is 0. The van der Waals surface area contributed by atoms with Gasteiger partial charge in [0.05, 0.1) is 0 Å². The van der Waals surface area contributed by atoms with Gasteiger partial charge < -0.3 is 15.5 Å². The Hall–Kier alpha value is -1.59. The van der Waals surface area contributed by atoms with E-state index in [0.29, 0.717) is 29.8 Å². The lowest BCUT2D eigenvalue weighted by Gasteiger charge is -2.27. The second-order valence-electron chi connectivity index (χ2n) is 6.08. The van der Waals surface area contributed by atoms with Gasteiger partial charge in [-0.25, -0.2) is 0 Å². The molecule has 0 saturated carbocycles. The molecule has 2 heterocycles. The van der Waals surface area contributed by atoms with E-state index < -0.39 is 0 Å². The Morgan fingerprint density at radius 3 is 2.40 bits per heavy atom. The van der Waals surface area contributed by atoms with Crippen molar-refractivity contribution in [3.63, 3.8) is 0 Å². The first-order valence-electron chi connectivity index (χ1n) is 7.46. The number of hydrogen-bond acceptors (Lipinski definition) is 6. The van der Waals surface area contributed by atoms with Crippen LogP contribution < -0.4 is 15.5 Å². The second-order valence-corrected chi connectivity index (χ2v) is 6.08. The van der Waals surface area contributed by atoms with Gasteiger partial charge in [-0.3, -0.25) is 0 Å². The molecule has 1 aliphatic rings. The van der Waals surface area contributed by atoms with Gasteiger partial charge >= 0.3 is 0 Å². The fourth-order valence-electron chi connectivity index (χ4n) is 2.62. The Kier molecular flexibility index (Phi) is 4.62. The quantitative estimate of drug-likeness (QED) is 0.887. The van der Waals surface area contributed by atoms with Gasteiger partial charge in [-0.1, -0.05) is 13.8 Å². The van der Waals surface area contributed by atoms with Crippen LogP contribution >= 0.6 is 0 Å². The zero-order valence-electron chi connectivity index (χ0n) is 13.0. The lowest BCUT2D eigenvalue weighted by atomic mass is 10.0. The fourth-order valence-corrected chi connectivity index (χ4v) is 2.62. The van der Waals surface area contributed by atoms with Gasteiger partial charge in [0, 0.05) is 26.2 Å². The van der Waals surface area contributed by atoms with E-state index in [0.717, 1.165) is 19.5 Å². The molecule has 1 fully saturated rings. The summed E-state index contributed by atoms with van der Waals surface area (Å²) in [6, 6.07) is 0.378. The zero-order chi connectivity index (χ0) is 14.7. The van der Waals surface area contributed by atoms with Gasteiger partial charge in [0.1, 0.15) is 0 Å². The van der Waals surface area contributed by atoms with Crippen LogP contribution in [0.4, 0.5) is 17.8 Å². The van der Waals surface area contributed by atoms with Crippen molar-refractivity contribution in [1.82, 2.24) is 15.0 Å². The maximum atomic E-state index is 5.85. The van der Waals surface area contributed by atoms with Crippen LogP contribution in [-0.4, -0.2) is 41.1 Å². The minimum Gasteiger partial charge on any atom is -0.368 e. The van der Waals surface area contributed by atoms with Gasteiger partial charge in [0.15, 0.2) is 0 Å². The highest BCUT2D eigenvalue weighted by molar-refractivity contribution is 5.44. The molecule has 6 heteroatoms. The monoisotopic (exact) mass is 278 g/mol. The highest BCUT2D eigenvalue weighted by Crippen LogP contribution is 2.21. The summed E-state index contributed by atoms with van der Waals surface area (Å²) in [4.78, 5) is 17.4. The van der Waals surface area contributed by atoms with Crippen molar-refractivity contribution >= 4 is 17.8 Å². The first-order valence-corrected chi connectivity index (χ1v) is 7.46. The molecule has 0 aliphatic carbocycles. The normalized spacial score (nSPS) is 16.8. The first kappa shape index (κ1) is 14.8. The molecule has 2 N–H and O–H groups in total. The molecule has 6 nitrogen and oxygen atoms in total. The molecule has 0 aromatic carbocycles. The zero-order valence-corrected chi connectivity index (χ0v) is 13.0. The average Bonchev–Trinajstić information content (AvgIpc) is 2.90. The molecule has 112 valence electrons. The number of anilines is 3. The highest BCUT2D eigenvalue weighted by atomic mass is 15.4. The smallest absolute Gasteiger partial charge is 0.231 e. The first-order chi connectivity index (χ1) is 9.47. The van der Waals surface area contributed by atoms with Gasteiger partial charge in [-0.15, -0.1) is 0 Å². The summed E-state index contributed by atoms with van der Waals surface area (Å²) < 4.78 is 0. The Balaban J connectivity index is 2.18. The molecule has 1 aliphatic heterocycles. The van der Waals surface area contributed by atoms with Crippen LogP contribution in [0.2, 0.25) is 0 Å². The van der Waals surface area contributed by atoms with Crippen LogP contribution in [0.3, 0.4) is 0 Å². The van der Waals surface area contributed by atoms with Crippen molar-refractivity contribution in [1.29, 1.82) is 0 Å². The molecule has 0 spiro atoms. The summed E-state index contributed by atoms with van der Waals surface area (Å²) in [5.74, 6) is 2.34. The van der Waals surface area contributed by atoms with Crippen molar-refractivity contribution in [3.8, 4) is 0 Å². The molecular formula is C14H26N6. The molecule has 1 saturated heterocycles. The van der Waals surface area contributed by atoms with Crippen molar-refractivity contribution in [3.05, 3.63) is 0 Å². The van der Waals surface area contributed by atoms with Crippen LogP contribution in [0.25, 0.3) is 0 Å². The van der Waals surface area contributed by atoms with E-state index in [9.17, 15) is 0 Å². The third-order valence-electron chi connectivity index (χ3n) is 3.81. The van der Waals surface area contributed by atoms with Gasteiger partial charge in [0.25, 0.3) is 0 Å². The summed E-state index contributed by atoms with van der Waals surface area (Å²) in [6.07, 6.45) is 3.49. The molecule has 20 heavy (non-hydrogen) atoms. The predicted octanol–water partition coefficient (Wildman–Crippen LogP) is 1.92. The molecular weight excluding hydrogens is 252 g/mol. The molecule has 1 atom stereocenters. The standard InChI is InChI=1S/C14H26N6/c1-10(2)9-11(3)19(4)13-16-12(15)17-14(18-13)20-7-5-6-8-20/h10-11H,5-9H2,1-4H3,(H2,15,16,17,18). The molecule has 0 radical (unpaired) electrons. The summed E-state index contributed by atoms with van der Waals surface area (Å²) in [6.45, 7) is 8.65. The number of nitrogens with zero attached hydrogens (tertiary/aromatic N) is 5. The Labute approximate surface area is 121 Å². The van der Waals surface area contributed by atoms with E-state index in [1.807, 2.05) is 7.05 Å². The van der Waals surface area contributed by atoms with Crippen molar-refractivity contribution in [2.45, 2.75) is 46.1 Å². The summed E-state index contributed by atoms with van der Waals surface area (Å²) in [5.41, 5.74) is 5.85. The van der Waals surface area contributed by atoms with Crippen LogP contribution in [0, 0.1) is 5.92 Å². The molecule has 0 bridgehead atoms. The van der Waals surface area contributed by atoms with E-state index in [-0.39, 0.29) is 0 Å². The summed E-state index contributed by atoms with van der Waals surface area (Å²) in [7, 11) is 2.02. The number of rotatable bonds is 5. The maximum absolute atomic E-state index is 5.85. The van der Waals surface area contributed by atoms with Crippen molar-refractivity contribution < 1.29 is 0 Å². The minimum absolute atomic E-state index is 0.306. The number of hydrogen-bond donors (Lipinski definition) is 1. The number of aromatic nitrogens is 3. The van der Waals surface area contributed by atoms with Gasteiger partial charge in [0.2, 0.25) is 17.8 Å². The Bertz CT molecular complexity index is 441. The van der Waals surface area contributed by atoms with E-state index in [1.165, 1.54) is 12.8 Å². The highest BCUT2D eigenvalue weighted by Gasteiger charge is 2.20. The molecule has 2 rings (SSSR count). The Morgan fingerprint density at radius 1 is 1.15 bits per heavy atom. The largest absolute Gasteiger partial charge is 0.368 e. The van der Waals surface area contributed by atoms with Crippen molar-refractivity contribution in [2.24, 2.45) is 5.92 Å². The molecule has 1 unspecified atom stereocenters. The van der Waals surface area contributed by atoms with E-state index in [2.05, 4.69) is 45.5 Å². The SMILES string of the molecule is CC(C)CC(C)N(C)c1nc(N)nc(N2CCCC2)n1. The lowest BCUT2D eigenvalue weighted by molar-refractivity contribution is 0.499. The van der Waals surface area contributed by atoms with E-state index >= 15 is 0 Å². The van der Waals surface area contributed by atoms with Gasteiger partial charge in [-0.05, 0) is 32.1 Å². The van der Waals surface area contributed by atoms with Gasteiger partial charge in [-0.2, -0.15) is 15.0 Å². The van der Waals surface area contributed by atoms with Crippen LogP contribution in [0.15, 0.2) is 0 Å². The predicted molar refractivity (Wildman–Crippen MR) is 83.0 cm³/mol. The number of nitrogens with two attached hydrogens (primary N) is 1. The van der Waals surface area contributed by atoms with E-state index in [4.69, 9.17) is 5.73 Å². The molecule has 1 aromatic rings. The number of nitrogen functional groups attached to an aromatic ring is 1. The van der Waals surface area contributed by atoms with Crippen LogP contribution in [0.1, 0.15) is 40.0 Å². The molecule has 0 amide bonds. The van der Waals surface area contributed by atoms with E-state index in [1.54, 1.807) is 0 Å². The fraction of sp³-hybridized carbons (Fsp3) is 0.786. The van der Waals surface area contributed by atoms with Crippen molar-refractivity contribution in [2.75, 3.05) is 35.7 Å². The Morgan fingerprint density at radius 2 is 1.80 bits per heavy atom. The van der Waals surface area contributed by atoms with Crippen LogP contribution in [-0.2, 0) is 0 Å². The van der Waals surface area contributed by atoms with Crippen LogP contribution in [0.5, 0.6) is 0 Å². The topological polar surface area (TPSA) is 71.2 Å². The third-order valence-corrected chi connectivity index (χ3v) is 3.81. The minimum atomic E-state index is 0.306. The third kappa shape index (κ3) is 3.49. The molecule has 1 aromatic heterocycles. The summed E-state index contributed by atoms with van der Waals surface area (Å²) in [5, 5.41) is 0. The lowest BCUT2D eigenvalue weighted by Crippen LogP contribution is -2.32. The average molecular weight is 278 g/mol.